The Hall–Kier alpha value is -2.38. The summed E-state index contributed by atoms with van der Waals surface area (Å²) in [6, 6.07) is 18.8. The van der Waals surface area contributed by atoms with Gasteiger partial charge in [-0.1, -0.05) is 48.5 Å². The molecule has 2 aromatic carbocycles. The molecule has 1 amide bonds. The molecule has 1 heterocycles. The van der Waals surface area contributed by atoms with Crippen molar-refractivity contribution >= 4 is 15.7 Å². The van der Waals surface area contributed by atoms with Crippen LogP contribution in [-0.4, -0.2) is 68.9 Å². The van der Waals surface area contributed by atoms with E-state index in [2.05, 4.69) is 4.90 Å². The molecular weight excluding hydrogens is 376 g/mol. The van der Waals surface area contributed by atoms with Gasteiger partial charge in [0.2, 0.25) is 6.10 Å². The molecule has 1 unspecified atom stereocenters. The lowest BCUT2D eigenvalue weighted by molar-refractivity contribution is -0.140. The van der Waals surface area contributed by atoms with Crippen LogP contribution in [0, 0.1) is 0 Å². The summed E-state index contributed by atoms with van der Waals surface area (Å²) in [5.74, 6) is 0.722. The summed E-state index contributed by atoms with van der Waals surface area (Å²) in [5, 5.41) is 0. The highest BCUT2D eigenvalue weighted by Gasteiger charge is 2.30. The maximum absolute atomic E-state index is 13.2. The molecule has 7 heteroatoms. The molecule has 150 valence electrons. The lowest BCUT2D eigenvalue weighted by Crippen LogP contribution is -2.51. The van der Waals surface area contributed by atoms with Gasteiger partial charge in [-0.05, 0) is 12.1 Å². The van der Waals surface area contributed by atoms with Crippen molar-refractivity contribution in [1.29, 1.82) is 0 Å². The second-order valence-corrected chi connectivity index (χ2v) is 9.28. The number of sulfone groups is 1. The fraction of sp³-hybridized carbons (Fsp3) is 0.381. The first-order valence-electron chi connectivity index (χ1n) is 9.38. The molecule has 28 heavy (non-hydrogen) atoms. The summed E-state index contributed by atoms with van der Waals surface area (Å²) in [5.41, 5.74) is 0.816. The van der Waals surface area contributed by atoms with Gasteiger partial charge in [-0.2, -0.15) is 0 Å². The number of rotatable bonds is 7. The zero-order valence-electron chi connectivity index (χ0n) is 16.0. The lowest BCUT2D eigenvalue weighted by atomic mass is 10.1. The van der Waals surface area contributed by atoms with Gasteiger partial charge in [0, 0.05) is 44.5 Å². The van der Waals surface area contributed by atoms with Crippen LogP contribution in [0.2, 0.25) is 0 Å². The van der Waals surface area contributed by atoms with Crippen LogP contribution in [0.3, 0.4) is 0 Å². The minimum Gasteiger partial charge on any atom is -0.476 e. The van der Waals surface area contributed by atoms with Gasteiger partial charge in [-0.3, -0.25) is 9.69 Å². The number of carbonyl (C=O) groups excluding carboxylic acids is 1. The average molecular weight is 403 g/mol. The van der Waals surface area contributed by atoms with E-state index in [-0.39, 0.29) is 11.7 Å². The number of carbonyl (C=O) groups is 1. The van der Waals surface area contributed by atoms with Crippen molar-refractivity contribution in [1.82, 2.24) is 9.80 Å². The number of piperazine rings is 1. The summed E-state index contributed by atoms with van der Waals surface area (Å²) >= 11 is 0. The van der Waals surface area contributed by atoms with Crippen LogP contribution < -0.4 is 4.74 Å². The summed E-state index contributed by atoms with van der Waals surface area (Å²) in [6.07, 6.45) is 0.546. The van der Waals surface area contributed by atoms with Gasteiger partial charge in [0.1, 0.15) is 15.6 Å². The Bertz CT molecular complexity index is 864. The van der Waals surface area contributed by atoms with Crippen molar-refractivity contribution in [3.63, 3.8) is 0 Å². The molecule has 2 aromatic rings. The molecule has 0 spiro atoms. The van der Waals surface area contributed by atoms with Gasteiger partial charge < -0.3 is 9.64 Å². The van der Waals surface area contributed by atoms with Crippen LogP contribution in [0.4, 0.5) is 0 Å². The largest absolute Gasteiger partial charge is 0.476 e. The molecular formula is C21H26N2O4S. The van der Waals surface area contributed by atoms with E-state index in [1.165, 1.54) is 6.26 Å². The van der Waals surface area contributed by atoms with E-state index in [0.29, 0.717) is 38.5 Å². The van der Waals surface area contributed by atoms with Crippen LogP contribution in [-0.2, 0) is 14.6 Å². The van der Waals surface area contributed by atoms with E-state index >= 15 is 0 Å². The van der Waals surface area contributed by atoms with Gasteiger partial charge in [0.05, 0.1) is 5.75 Å². The molecule has 0 radical (unpaired) electrons. The SMILES string of the molecule is CS(=O)(=O)CCN1CCN(C(=O)C(Oc2ccccc2)c2ccccc2)CC1. The maximum Gasteiger partial charge on any atom is 0.268 e. The van der Waals surface area contributed by atoms with Crippen molar-refractivity contribution in [2.24, 2.45) is 0 Å². The molecule has 0 bridgehead atoms. The van der Waals surface area contributed by atoms with Crippen LogP contribution in [0.25, 0.3) is 0 Å². The highest BCUT2D eigenvalue weighted by molar-refractivity contribution is 7.90. The Morgan fingerprint density at radius 3 is 2.11 bits per heavy atom. The number of benzene rings is 2. The van der Waals surface area contributed by atoms with Crippen molar-refractivity contribution < 1.29 is 17.9 Å². The monoisotopic (exact) mass is 402 g/mol. The zero-order chi connectivity index (χ0) is 20.0. The number of amides is 1. The third kappa shape index (κ3) is 5.81. The molecule has 1 aliphatic heterocycles. The van der Waals surface area contributed by atoms with Crippen molar-refractivity contribution in [3.8, 4) is 5.75 Å². The Labute approximate surface area is 166 Å². The molecule has 6 nitrogen and oxygen atoms in total. The summed E-state index contributed by atoms with van der Waals surface area (Å²) in [4.78, 5) is 17.1. The second kappa shape index (κ2) is 9.21. The standard InChI is InChI=1S/C21H26N2O4S/c1-28(25,26)17-16-22-12-14-23(15-13-22)21(24)20(18-8-4-2-5-9-18)27-19-10-6-3-7-11-19/h2-11,20H,12-17H2,1H3. The molecule has 0 N–H and O–H groups in total. The summed E-state index contributed by atoms with van der Waals surface area (Å²) in [6.45, 7) is 2.94. The van der Waals surface area contributed by atoms with E-state index in [1.807, 2.05) is 60.7 Å². The molecule has 1 saturated heterocycles. The number of para-hydroxylation sites is 1. The van der Waals surface area contributed by atoms with E-state index in [4.69, 9.17) is 4.74 Å². The number of hydrogen-bond donors (Lipinski definition) is 0. The number of nitrogens with zero attached hydrogens (tertiary/aromatic N) is 2. The quantitative estimate of drug-likeness (QED) is 0.709. The van der Waals surface area contributed by atoms with Crippen molar-refractivity contribution in [3.05, 3.63) is 66.2 Å². The third-order valence-corrected chi connectivity index (χ3v) is 5.71. The molecule has 0 saturated carbocycles. The maximum atomic E-state index is 13.2. The molecule has 1 fully saturated rings. The predicted octanol–water partition coefficient (Wildman–Crippen LogP) is 2.00. The third-order valence-electron chi connectivity index (χ3n) is 4.79. The fourth-order valence-corrected chi connectivity index (χ4v) is 3.77. The molecule has 1 atom stereocenters. The van der Waals surface area contributed by atoms with Crippen LogP contribution in [0.15, 0.2) is 60.7 Å². The van der Waals surface area contributed by atoms with Crippen LogP contribution in [0.5, 0.6) is 5.75 Å². The summed E-state index contributed by atoms with van der Waals surface area (Å²) < 4.78 is 28.8. The molecule has 0 aliphatic carbocycles. The Morgan fingerprint density at radius 2 is 1.54 bits per heavy atom. The van der Waals surface area contributed by atoms with Crippen molar-refractivity contribution in [2.45, 2.75) is 6.10 Å². The van der Waals surface area contributed by atoms with Gasteiger partial charge in [0.15, 0.2) is 0 Å². The van der Waals surface area contributed by atoms with Crippen LogP contribution >= 0.6 is 0 Å². The van der Waals surface area contributed by atoms with E-state index in [0.717, 1.165) is 5.56 Å². The minimum absolute atomic E-state index is 0.0715. The fourth-order valence-electron chi connectivity index (χ4n) is 3.18. The smallest absolute Gasteiger partial charge is 0.268 e. The van der Waals surface area contributed by atoms with Gasteiger partial charge in [-0.15, -0.1) is 0 Å². The number of hydrogen-bond acceptors (Lipinski definition) is 5. The van der Waals surface area contributed by atoms with Gasteiger partial charge >= 0.3 is 0 Å². The van der Waals surface area contributed by atoms with E-state index in [1.54, 1.807) is 4.90 Å². The van der Waals surface area contributed by atoms with E-state index < -0.39 is 15.9 Å². The van der Waals surface area contributed by atoms with Gasteiger partial charge in [0.25, 0.3) is 5.91 Å². The molecule has 1 aliphatic rings. The Morgan fingerprint density at radius 1 is 0.964 bits per heavy atom. The average Bonchev–Trinajstić information content (AvgIpc) is 2.71. The predicted molar refractivity (Wildman–Crippen MR) is 109 cm³/mol. The molecule has 0 aromatic heterocycles. The normalized spacial score (nSPS) is 16.5. The Kier molecular flexibility index (Phi) is 6.70. The first-order chi connectivity index (χ1) is 13.4. The molecule has 3 rings (SSSR count). The summed E-state index contributed by atoms with van der Waals surface area (Å²) in [7, 11) is -2.98. The first kappa shape index (κ1) is 20.4. The highest BCUT2D eigenvalue weighted by atomic mass is 32.2. The van der Waals surface area contributed by atoms with Gasteiger partial charge in [-0.25, -0.2) is 8.42 Å². The second-order valence-electron chi connectivity index (χ2n) is 7.02. The lowest BCUT2D eigenvalue weighted by Gasteiger charge is -2.36. The van der Waals surface area contributed by atoms with Crippen LogP contribution in [0.1, 0.15) is 11.7 Å². The Balaban J connectivity index is 1.67. The zero-order valence-corrected chi connectivity index (χ0v) is 16.8. The van der Waals surface area contributed by atoms with Crippen molar-refractivity contribution in [2.75, 3.05) is 44.7 Å². The minimum atomic E-state index is -2.98. The first-order valence-corrected chi connectivity index (χ1v) is 11.4. The van der Waals surface area contributed by atoms with E-state index in [9.17, 15) is 13.2 Å². The highest BCUT2D eigenvalue weighted by Crippen LogP contribution is 2.24. The number of ether oxygens (including phenoxy) is 1. The topological polar surface area (TPSA) is 66.9 Å².